The van der Waals surface area contributed by atoms with Crippen LogP contribution in [0.5, 0.6) is 0 Å². The minimum Gasteiger partial charge on any atom is -0.461 e. The molecule has 15 heavy (non-hydrogen) atoms. The first-order valence-electron chi connectivity index (χ1n) is 4.93. The number of hydrogen-bond donors (Lipinski definition) is 1. The fourth-order valence-corrected chi connectivity index (χ4v) is 1.32. The summed E-state index contributed by atoms with van der Waals surface area (Å²) in [5.41, 5.74) is 1.00. The standard InChI is InChI=1S/C11H13N3O/c1-3-8-7-10(12-2)14-11(13-8)9-5-4-6-15-9/h4-7H,3H2,1-2H3,(H,12,13,14). The molecule has 4 nitrogen and oxygen atoms in total. The quantitative estimate of drug-likeness (QED) is 0.831. The largest absolute Gasteiger partial charge is 0.461 e. The molecule has 0 aromatic carbocycles. The zero-order chi connectivity index (χ0) is 10.7. The van der Waals surface area contributed by atoms with Crippen LogP contribution in [0.25, 0.3) is 11.6 Å². The van der Waals surface area contributed by atoms with E-state index >= 15 is 0 Å². The number of aryl methyl sites for hydroxylation is 1. The molecule has 0 unspecified atom stereocenters. The van der Waals surface area contributed by atoms with Crippen LogP contribution in [-0.2, 0) is 6.42 Å². The number of nitrogens with one attached hydrogen (secondary N) is 1. The third-order valence-electron chi connectivity index (χ3n) is 2.14. The van der Waals surface area contributed by atoms with Crippen LogP contribution in [0.15, 0.2) is 28.9 Å². The van der Waals surface area contributed by atoms with Gasteiger partial charge in [0.2, 0.25) is 0 Å². The third-order valence-corrected chi connectivity index (χ3v) is 2.14. The van der Waals surface area contributed by atoms with Crippen LogP contribution in [0.3, 0.4) is 0 Å². The van der Waals surface area contributed by atoms with E-state index in [1.807, 2.05) is 25.2 Å². The van der Waals surface area contributed by atoms with E-state index < -0.39 is 0 Å². The number of anilines is 1. The highest BCUT2D eigenvalue weighted by atomic mass is 16.3. The van der Waals surface area contributed by atoms with Crippen molar-refractivity contribution in [3.05, 3.63) is 30.2 Å². The average molecular weight is 203 g/mol. The molecule has 0 saturated heterocycles. The topological polar surface area (TPSA) is 51.0 Å². The Balaban J connectivity index is 2.47. The van der Waals surface area contributed by atoms with Crippen molar-refractivity contribution in [3.63, 3.8) is 0 Å². The van der Waals surface area contributed by atoms with E-state index in [4.69, 9.17) is 4.42 Å². The van der Waals surface area contributed by atoms with Gasteiger partial charge in [-0.25, -0.2) is 9.97 Å². The Labute approximate surface area is 88.4 Å². The maximum atomic E-state index is 5.27. The first-order chi connectivity index (χ1) is 7.33. The number of hydrogen-bond acceptors (Lipinski definition) is 4. The molecular formula is C11H13N3O. The van der Waals surface area contributed by atoms with Gasteiger partial charge >= 0.3 is 0 Å². The van der Waals surface area contributed by atoms with Crippen molar-refractivity contribution in [2.24, 2.45) is 0 Å². The van der Waals surface area contributed by atoms with Crippen LogP contribution in [-0.4, -0.2) is 17.0 Å². The average Bonchev–Trinajstić information content (AvgIpc) is 2.81. The maximum absolute atomic E-state index is 5.27. The lowest BCUT2D eigenvalue weighted by molar-refractivity contribution is 0.577. The molecule has 0 fully saturated rings. The van der Waals surface area contributed by atoms with E-state index in [9.17, 15) is 0 Å². The van der Waals surface area contributed by atoms with Crippen molar-refractivity contribution < 1.29 is 4.42 Å². The van der Waals surface area contributed by atoms with Crippen LogP contribution in [0.4, 0.5) is 5.82 Å². The van der Waals surface area contributed by atoms with Crippen molar-refractivity contribution in [2.75, 3.05) is 12.4 Å². The molecule has 0 spiro atoms. The first-order valence-corrected chi connectivity index (χ1v) is 4.93. The van der Waals surface area contributed by atoms with E-state index in [-0.39, 0.29) is 0 Å². The highest BCUT2D eigenvalue weighted by Crippen LogP contribution is 2.18. The van der Waals surface area contributed by atoms with E-state index in [0.717, 1.165) is 17.9 Å². The Morgan fingerprint density at radius 1 is 1.40 bits per heavy atom. The molecule has 2 aromatic heterocycles. The minimum atomic E-state index is 0.628. The molecule has 0 saturated carbocycles. The van der Waals surface area contributed by atoms with Crippen LogP contribution >= 0.6 is 0 Å². The second-order valence-electron chi connectivity index (χ2n) is 3.15. The number of rotatable bonds is 3. The molecule has 2 heterocycles. The van der Waals surface area contributed by atoms with Crippen LogP contribution < -0.4 is 5.32 Å². The van der Waals surface area contributed by atoms with E-state index in [0.29, 0.717) is 11.6 Å². The summed E-state index contributed by atoms with van der Waals surface area (Å²) in [6.07, 6.45) is 2.50. The van der Waals surface area contributed by atoms with Crippen LogP contribution in [0, 0.1) is 0 Å². The lowest BCUT2D eigenvalue weighted by Gasteiger charge is -2.04. The summed E-state index contributed by atoms with van der Waals surface area (Å²) in [6.45, 7) is 2.06. The van der Waals surface area contributed by atoms with Gasteiger partial charge in [-0.3, -0.25) is 0 Å². The zero-order valence-electron chi connectivity index (χ0n) is 8.82. The van der Waals surface area contributed by atoms with Gasteiger partial charge in [-0.2, -0.15) is 0 Å². The van der Waals surface area contributed by atoms with E-state index in [2.05, 4.69) is 22.2 Å². The molecule has 4 heteroatoms. The lowest BCUT2D eigenvalue weighted by atomic mass is 10.3. The summed E-state index contributed by atoms with van der Waals surface area (Å²) >= 11 is 0. The van der Waals surface area contributed by atoms with Crippen molar-refractivity contribution in [1.82, 2.24) is 9.97 Å². The van der Waals surface area contributed by atoms with E-state index in [1.54, 1.807) is 6.26 Å². The normalized spacial score (nSPS) is 10.3. The molecule has 0 aliphatic heterocycles. The SMILES string of the molecule is CCc1cc(NC)nc(-c2ccco2)n1. The number of aromatic nitrogens is 2. The molecular weight excluding hydrogens is 190 g/mol. The summed E-state index contributed by atoms with van der Waals surface area (Å²) in [6, 6.07) is 5.62. The first kappa shape index (κ1) is 9.71. The number of furan rings is 1. The fourth-order valence-electron chi connectivity index (χ4n) is 1.32. The van der Waals surface area contributed by atoms with Gasteiger partial charge in [-0.05, 0) is 18.6 Å². The minimum absolute atomic E-state index is 0.628. The Morgan fingerprint density at radius 3 is 2.87 bits per heavy atom. The van der Waals surface area contributed by atoms with Gasteiger partial charge < -0.3 is 9.73 Å². The van der Waals surface area contributed by atoms with Crippen LogP contribution in [0.2, 0.25) is 0 Å². The van der Waals surface area contributed by atoms with Crippen molar-refractivity contribution in [3.8, 4) is 11.6 Å². The third kappa shape index (κ3) is 1.98. The van der Waals surface area contributed by atoms with Crippen molar-refractivity contribution in [1.29, 1.82) is 0 Å². The molecule has 0 amide bonds. The lowest BCUT2D eigenvalue weighted by Crippen LogP contribution is -1.99. The molecule has 0 aliphatic rings. The molecule has 0 bridgehead atoms. The Bertz CT molecular complexity index is 415. The number of nitrogens with zero attached hydrogens (tertiary/aromatic N) is 2. The van der Waals surface area contributed by atoms with Crippen molar-refractivity contribution in [2.45, 2.75) is 13.3 Å². The zero-order valence-corrected chi connectivity index (χ0v) is 8.82. The summed E-state index contributed by atoms with van der Waals surface area (Å²) in [5, 5.41) is 3.01. The Hall–Kier alpha value is -1.84. The molecule has 2 aromatic rings. The molecule has 0 radical (unpaired) electrons. The molecule has 0 aliphatic carbocycles. The summed E-state index contributed by atoms with van der Waals surface area (Å²) in [4.78, 5) is 8.72. The van der Waals surface area contributed by atoms with Gasteiger partial charge in [-0.15, -0.1) is 0 Å². The highest BCUT2D eigenvalue weighted by Gasteiger charge is 2.07. The smallest absolute Gasteiger partial charge is 0.197 e. The van der Waals surface area contributed by atoms with Crippen LogP contribution in [0.1, 0.15) is 12.6 Å². The van der Waals surface area contributed by atoms with Gasteiger partial charge in [0.05, 0.1) is 6.26 Å². The predicted octanol–water partition coefficient (Wildman–Crippen LogP) is 2.34. The predicted molar refractivity (Wildman–Crippen MR) is 58.7 cm³/mol. The van der Waals surface area contributed by atoms with Gasteiger partial charge in [0, 0.05) is 18.8 Å². The summed E-state index contributed by atoms with van der Waals surface area (Å²) in [7, 11) is 1.84. The molecule has 0 atom stereocenters. The Morgan fingerprint density at radius 2 is 2.27 bits per heavy atom. The van der Waals surface area contributed by atoms with Gasteiger partial charge in [0.25, 0.3) is 0 Å². The second-order valence-corrected chi connectivity index (χ2v) is 3.15. The summed E-state index contributed by atoms with van der Waals surface area (Å²) < 4.78 is 5.27. The summed E-state index contributed by atoms with van der Waals surface area (Å²) in [5.74, 6) is 2.14. The van der Waals surface area contributed by atoms with E-state index in [1.165, 1.54) is 0 Å². The highest BCUT2D eigenvalue weighted by molar-refractivity contribution is 5.51. The maximum Gasteiger partial charge on any atom is 0.197 e. The molecule has 2 rings (SSSR count). The van der Waals surface area contributed by atoms with Gasteiger partial charge in [-0.1, -0.05) is 6.92 Å². The molecule has 78 valence electrons. The second kappa shape index (κ2) is 4.13. The monoisotopic (exact) mass is 203 g/mol. The van der Waals surface area contributed by atoms with Crippen molar-refractivity contribution >= 4 is 5.82 Å². The van der Waals surface area contributed by atoms with Gasteiger partial charge in [0.15, 0.2) is 11.6 Å². The Kier molecular flexibility index (Phi) is 2.67. The molecule has 1 N–H and O–H groups in total. The van der Waals surface area contributed by atoms with Gasteiger partial charge in [0.1, 0.15) is 5.82 Å². The fraction of sp³-hybridized carbons (Fsp3) is 0.273.